The van der Waals surface area contributed by atoms with E-state index in [0.29, 0.717) is 27.2 Å². The van der Waals surface area contributed by atoms with Gasteiger partial charge in [-0.2, -0.15) is 15.2 Å². The van der Waals surface area contributed by atoms with E-state index < -0.39 is 35.6 Å². The molecule has 0 bridgehead atoms. The van der Waals surface area contributed by atoms with Gasteiger partial charge in [0.2, 0.25) is 0 Å². The highest BCUT2D eigenvalue weighted by Gasteiger charge is 2.34. The summed E-state index contributed by atoms with van der Waals surface area (Å²) in [5.41, 5.74) is 0.783. The number of likely N-dealkylation sites (tertiary alicyclic amines) is 1. The van der Waals surface area contributed by atoms with Crippen LogP contribution in [0.25, 0.3) is 32.8 Å². The van der Waals surface area contributed by atoms with E-state index >= 15 is 4.39 Å². The zero-order valence-electron chi connectivity index (χ0n) is 24.8. The zero-order chi connectivity index (χ0) is 32.7. The van der Waals surface area contributed by atoms with E-state index in [-0.39, 0.29) is 74.1 Å². The van der Waals surface area contributed by atoms with Crippen LogP contribution in [0.15, 0.2) is 54.9 Å². The number of likely N-dealkylation sites (N-methyl/N-ethyl adjacent to an activating group) is 1. The molecule has 46 heavy (non-hydrogen) atoms. The summed E-state index contributed by atoms with van der Waals surface area (Å²) >= 11 is 6.36. The summed E-state index contributed by atoms with van der Waals surface area (Å²) in [6.45, 7) is 3.82. The number of amides is 1. The van der Waals surface area contributed by atoms with E-state index in [4.69, 9.17) is 16.3 Å². The smallest absolute Gasteiger partial charge is 0.319 e. The molecule has 6 rings (SSSR count). The van der Waals surface area contributed by atoms with Crippen molar-refractivity contribution in [1.29, 1.82) is 5.26 Å². The molecule has 3 aromatic carbocycles. The number of nitrogens with zero attached hydrogens (tertiary/aromatic N) is 6. The lowest BCUT2D eigenvalue weighted by Crippen LogP contribution is -2.55. The largest absolute Gasteiger partial charge is 0.462 e. The summed E-state index contributed by atoms with van der Waals surface area (Å²) in [7, 11) is 1.80. The van der Waals surface area contributed by atoms with Gasteiger partial charge in [-0.3, -0.25) is 9.69 Å². The summed E-state index contributed by atoms with van der Waals surface area (Å²) in [6.07, 6.45) is -0.779. The number of nitriles is 1. The van der Waals surface area contributed by atoms with Gasteiger partial charge in [0, 0.05) is 48.6 Å². The van der Waals surface area contributed by atoms with Gasteiger partial charge in [0.15, 0.2) is 5.83 Å². The molecule has 13 heteroatoms. The van der Waals surface area contributed by atoms with E-state index in [1.807, 2.05) is 11.0 Å². The van der Waals surface area contributed by atoms with Crippen molar-refractivity contribution in [3.8, 4) is 23.2 Å². The third kappa shape index (κ3) is 5.92. The van der Waals surface area contributed by atoms with E-state index in [0.717, 1.165) is 0 Å². The summed E-state index contributed by atoms with van der Waals surface area (Å²) in [4.78, 5) is 26.5. The lowest BCUT2D eigenvalue weighted by atomic mass is 9.96. The average molecular weight is 653 g/mol. The average Bonchev–Trinajstić information content (AvgIpc) is 3.36. The number of benzene rings is 3. The number of anilines is 1. The van der Waals surface area contributed by atoms with Crippen LogP contribution in [0.5, 0.6) is 6.01 Å². The minimum atomic E-state index is -1.13. The lowest BCUT2D eigenvalue weighted by Gasteiger charge is -2.41. The molecule has 2 saturated heterocycles. The fourth-order valence-corrected chi connectivity index (χ4v) is 6.56. The Morgan fingerprint density at radius 1 is 1.11 bits per heavy atom. The molecule has 0 aliphatic carbocycles. The SMILES string of the molecule is C=C(F)C(=O)N1CCN(c2nc(OC[C@@H]3C[C@@H](F)CN3C)nc3cc(-c4cccc5ccc(F)c(Cl)c45)c(F)cc23)C[C@@H]1CC#N. The third-order valence-electron chi connectivity index (χ3n) is 8.61. The number of aromatic nitrogens is 2. The first kappa shape index (κ1) is 31.5. The Bertz CT molecular complexity index is 1900. The van der Waals surface area contributed by atoms with Gasteiger partial charge in [0.05, 0.1) is 29.1 Å². The molecule has 1 amide bonds. The Balaban J connectivity index is 1.45. The van der Waals surface area contributed by atoms with Crippen LogP contribution < -0.4 is 9.64 Å². The Kier molecular flexibility index (Phi) is 8.72. The van der Waals surface area contributed by atoms with Crippen molar-refractivity contribution in [2.45, 2.75) is 31.1 Å². The van der Waals surface area contributed by atoms with Crippen LogP contribution in [0.1, 0.15) is 12.8 Å². The van der Waals surface area contributed by atoms with Gasteiger partial charge >= 0.3 is 6.01 Å². The highest BCUT2D eigenvalue weighted by molar-refractivity contribution is 6.37. The second kappa shape index (κ2) is 12.7. The molecule has 238 valence electrons. The summed E-state index contributed by atoms with van der Waals surface area (Å²) in [5.74, 6) is -3.03. The van der Waals surface area contributed by atoms with E-state index in [1.165, 1.54) is 23.1 Å². The lowest BCUT2D eigenvalue weighted by molar-refractivity contribution is -0.131. The molecule has 3 atom stereocenters. The molecule has 3 heterocycles. The van der Waals surface area contributed by atoms with Gasteiger partial charge in [0.1, 0.15) is 30.2 Å². The van der Waals surface area contributed by atoms with Crippen molar-refractivity contribution in [2.75, 3.05) is 44.7 Å². The number of hydrogen-bond acceptors (Lipinski definition) is 7. The van der Waals surface area contributed by atoms with Gasteiger partial charge in [-0.25, -0.2) is 17.6 Å². The number of hydrogen-bond donors (Lipinski definition) is 0. The normalized spacial score (nSPS) is 20.3. The van der Waals surface area contributed by atoms with Gasteiger partial charge < -0.3 is 14.5 Å². The number of carbonyl (C=O) groups is 1. The number of rotatable bonds is 7. The van der Waals surface area contributed by atoms with Crippen molar-refractivity contribution in [2.24, 2.45) is 0 Å². The third-order valence-corrected chi connectivity index (χ3v) is 8.98. The minimum Gasteiger partial charge on any atom is -0.462 e. The Morgan fingerprint density at radius 3 is 2.63 bits per heavy atom. The monoisotopic (exact) mass is 652 g/mol. The van der Waals surface area contributed by atoms with Gasteiger partial charge in [-0.1, -0.05) is 42.4 Å². The van der Waals surface area contributed by atoms with Crippen LogP contribution in [-0.4, -0.2) is 83.8 Å². The predicted molar refractivity (Wildman–Crippen MR) is 167 cm³/mol. The number of carbonyl (C=O) groups excluding carboxylic acids is 1. The second-order valence-electron chi connectivity index (χ2n) is 11.5. The van der Waals surface area contributed by atoms with Gasteiger partial charge in [0.25, 0.3) is 5.91 Å². The molecule has 2 aliphatic heterocycles. The number of fused-ring (bicyclic) bond motifs is 2. The first-order valence-corrected chi connectivity index (χ1v) is 15.1. The number of halogens is 5. The predicted octanol–water partition coefficient (Wildman–Crippen LogP) is 6.22. The maximum atomic E-state index is 16.1. The van der Waals surface area contributed by atoms with E-state index in [2.05, 4.69) is 16.5 Å². The summed E-state index contributed by atoms with van der Waals surface area (Å²) in [5, 5.41) is 10.6. The molecule has 0 saturated carbocycles. The molecule has 8 nitrogen and oxygen atoms in total. The molecular weight excluding hydrogens is 624 g/mol. The van der Waals surface area contributed by atoms with Crippen molar-refractivity contribution >= 4 is 45.0 Å². The topological polar surface area (TPSA) is 85.6 Å². The molecular formula is C33H29ClF4N6O2. The van der Waals surface area contributed by atoms with Gasteiger partial charge in [-0.15, -0.1) is 0 Å². The zero-order valence-corrected chi connectivity index (χ0v) is 25.6. The maximum Gasteiger partial charge on any atom is 0.319 e. The molecule has 1 aromatic heterocycles. The van der Waals surface area contributed by atoms with Crippen LogP contribution in [0.2, 0.25) is 5.02 Å². The van der Waals surface area contributed by atoms with Crippen LogP contribution in [-0.2, 0) is 4.79 Å². The van der Waals surface area contributed by atoms with Crippen LogP contribution >= 0.6 is 11.6 Å². The van der Waals surface area contributed by atoms with Crippen molar-refractivity contribution < 1.29 is 27.1 Å². The molecule has 0 radical (unpaired) electrons. The van der Waals surface area contributed by atoms with E-state index in [1.54, 1.807) is 36.2 Å². The highest BCUT2D eigenvalue weighted by atomic mass is 35.5. The summed E-state index contributed by atoms with van der Waals surface area (Å²) in [6, 6.07) is 11.8. The van der Waals surface area contributed by atoms with Crippen molar-refractivity contribution in [1.82, 2.24) is 19.8 Å². The first-order chi connectivity index (χ1) is 22.0. The first-order valence-electron chi connectivity index (χ1n) is 14.7. The molecule has 4 aromatic rings. The second-order valence-corrected chi connectivity index (χ2v) is 11.9. The molecule has 0 N–H and O–H groups in total. The standard InChI is InChI=1S/C33H29ClF4N6O2/c1-18(35)32(45)44-11-10-43(16-21(44)8-9-39)31-25-13-27(38)24(23-5-3-4-19-6-7-26(37)30(34)29(19)23)14-28(25)40-33(41-31)46-17-22-12-20(36)15-42(22)2/h3-7,13-14,20-22H,1,8,10-12,15-17H2,2H3/t20-,21+,22+/m1/s1. The molecule has 2 fully saturated rings. The fourth-order valence-electron chi connectivity index (χ4n) is 6.29. The summed E-state index contributed by atoms with van der Waals surface area (Å²) < 4.78 is 64.4. The maximum absolute atomic E-state index is 16.1. The molecule has 2 aliphatic rings. The van der Waals surface area contributed by atoms with Crippen LogP contribution in [0.3, 0.4) is 0 Å². The molecule has 0 spiro atoms. The Labute approximate surface area is 267 Å². The number of alkyl halides is 1. The Morgan fingerprint density at radius 2 is 1.91 bits per heavy atom. The quantitative estimate of drug-likeness (QED) is 0.173. The minimum absolute atomic E-state index is 0.0368. The van der Waals surface area contributed by atoms with Crippen LogP contribution in [0.4, 0.5) is 23.4 Å². The van der Waals surface area contributed by atoms with Crippen LogP contribution in [0, 0.1) is 23.0 Å². The van der Waals surface area contributed by atoms with E-state index in [9.17, 15) is 23.2 Å². The van der Waals surface area contributed by atoms with Crippen molar-refractivity contribution in [3.63, 3.8) is 0 Å². The number of ether oxygens (including phenoxy) is 1. The fraction of sp³-hybridized carbons (Fsp3) is 0.333. The Hall–Kier alpha value is -4.47. The van der Waals surface area contributed by atoms with Crippen molar-refractivity contribution in [3.05, 3.63) is 71.5 Å². The molecule has 0 unspecified atom stereocenters. The number of piperazine rings is 1. The van der Waals surface area contributed by atoms with Gasteiger partial charge in [-0.05, 0) is 42.6 Å². The highest BCUT2D eigenvalue weighted by Crippen LogP contribution is 2.39.